The van der Waals surface area contributed by atoms with E-state index in [1.807, 2.05) is 0 Å². The van der Waals surface area contributed by atoms with Gasteiger partial charge in [-0.05, 0) is 0 Å². The molecule has 4 rings (SSSR count). The van der Waals surface area contributed by atoms with E-state index in [1.165, 1.54) is 46.5 Å². The van der Waals surface area contributed by atoms with Gasteiger partial charge in [0.25, 0.3) is 0 Å². The van der Waals surface area contributed by atoms with Gasteiger partial charge in [0.2, 0.25) is 0 Å². The van der Waals surface area contributed by atoms with Crippen LogP contribution in [-0.2, 0) is 18.0 Å². The molecule has 0 atom stereocenters. The van der Waals surface area contributed by atoms with E-state index in [0.717, 1.165) is 0 Å². The number of fused-ring (bicyclic) bond motifs is 2. The zero-order chi connectivity index (χ0) is 20.2. The molecule has 0 saturated carbocycles. The fourth-order valence-electron chi connectivity index (χ4n) is 3.06. The van der Waals surface area contributed by atoms with E-state index >= 15 is 0 Å². The summed E-state index contributed by atoms with van der Waals surface area (Å²) in [4.78, 5) is 0. The quantitative estimate of drug-likeness (QED) is 0.192. The van der Waals surface area contributed by atoms with Gasteiger partial charge in [0.15, 0.2) is 0 Å². The van der Waals surface area contributed by atoms with Gasteiger partial charge in [-0.25, -0.2) is 0 Å². The number of hydrogen-bond donors (Lipinski definition) is 0. The van der Waals surface area contributed by atoms with E-state index in [-0.39, 0.29) is 5.43 Å². The molecule has 0 unspecified atom stereocenters. The average Bonchev–Trinajstić information content (AvgIpc) is 3.38. The van der Waals surface area contributed by atoms with Crippen LogP contribution < -0.4 is 0 Å². The number of rotatable bonds is 4. The molecule has 0 aliphatic rings. The van der Waals surface area contributed by atoms with Gasteiger partial charge in [-0.15, -0.1) is 59.3 Å². The summed E-state index contributed by atoms with van der Waals surface area (Å²) in [5.41, 5.74) is -0.236. The Morgan fingerprint density at radius 3 is 1.50 bits per heavy atom. The van der Waals surface area contributed by atoms with Crippen LogP contribution in [0.3, 0.4) is 0 Å². The van der Waals surface area contributed by atoms with Crippen LogP contribution in [0.1, 0.15) is 26.7 Å². The van der Waals surface area contributed by atoms with E-state index in [9.17, 15) is 0 Å². The Kier molecular flexibility index (Phi) is 11.4. The average molecular weight is 507 g/mol. The fraction of sp³-hybridized carbons (Fsp3) is 0.250. The van der Waals surface area contributed by atoms with Gasteiger partial charge in [-0.1, -0.05) is 12.1 Å². The third kappa shape index (κ3) is 7.99. The first kappa shape index (κ1) is 23.6. The first-order chi connectivity index (χ1) is 13.7. The molecule has 0 aromatic heterocycles. The molecule has 0 heterocycles. The Hall–Kier alpha value is -0.660. The molecule has 4 aromatic carbocycles. The summed E-state index contributed by atoms with van der Waals surface area (Å²) in [6.07, 6.45) is 2.55. The van der Waals surface area contributed by atoms with Gasteiger partial charge in [-0.2, -0.15) is 35.0 Å². The SMILES string of the molecule is CCC[Si](CCC)=[Zr]([Cl])[Cl].c1ccc2[cH-]ccc2c1.c1ccc2[cH-]ccc2c1. The second-order valence-electron chi connectivity index (χ2n) is 6.67. The smallest absolute Gasteiger partial charge is 0.0809 e. The van der Waals surface area contributed by atoms with Crippen molar-refractivity contribution in [3.63, 3.8) is 0 Å². The summed E-state index contributed by atoms with van der Waals surface area (Å²) < 4.78 is 0. The molecule has 0 saturated heterocycles. The molecule has 28 heavy (non-hydrogen) atoms. The molecule has 0 bridgehead atoms. The van der Waals surface area contributed by atoms with Crippen molar-refractivity contribution < 1.29 is 18.0 Å². The minimum atomic E-state index is -1.78. The van der Waals surface area contributed by atoms with Gasteiger partial charge in [0.1, 0.15) is 0 Å². The topological polar surface area (TPSA) is 0 Å². The molecule has 0 fully saturated rings. The summed E-state index contributed by atoms with van der Waals surface area (Å²) in [5, 5.41) is 5.32. The zero-order valence-corrected chi connectivity index (χ0v) is 21.6. The Morgan fingerprint density at radius 1 is 0.714 bits per heavy atom. The van der Waals surface area contributed by atoms with Crippen LogP contribution in [0.4, 0.5) is 0 Å². The van der Waals surface area contributed by atoms with Crippen LogP contribution in [0.15, 0.2) is 84.9 Å². The summed E-state index contributed by atoms with van der Waals surface area (Å²) in [7, 11) is 12.0. The van der Waals surface area contributed by atoms with Crippen LogP contribution >= 0.6 is 17.0 Å². The molecule has 0 amide bonds. The van der Waals surface area contributed by atoms with Crippen LogP contribution in [0.5, 0.6) is 0 Å². The van der Waals surface area contributed by atoms with E-state index in [2.05, 4.69) is 98.8 Å². The summed E-state index contributed by atoms with van der Waals surface area (Å²) in [5.74, 6) is 0. The molecule has 0 nitrogen and oxygen atoms in total. The van der Waals surface area contributed by atoms with Gasteiger partial charge in [0, 0.05) is 0 Å². The Morgan fingerprint density at radius 2 is 1.14 bits per heavy atom. The van der Waals surface area contributed by atoms with Gasteiger partial charge < -0.3 is 0 Å². The van der Waals surface area contributed by atoms with Crippen LogP contribution in [-0.4, -0.2) is 5.43 Å². The van der Waals surface area contributed by atoms with E-state index in [4.69, 9.17) is 17.0 Å². The second kappa shape index (κ2) is 13.5. The predicted octanol–water partition coefficient (Wildman–Crippen LogP) is 8.84. The van der Waals surface area contributed by atoms with Crippen molar-refractivity contribution in [2.75, 3.05) is 0 Å². The Balaban J connectivity index is 0.000000150. The van der Waals surface area contributed by atoms with Crippen molar-refractivity contribution in [1.82, 2.24) is 0 Å². The van der Waals surface area contributed by atoms with E-state index in [0.29, 0.717) is 0 Å². The molecule has 0 aliphatic carbocycles. The van der Waals surface area contributed by atoms with E-state index < -0.39 is 18.0 Å². The van der Waals surface area contributed by atoms with Crippen molar-refractivity contribution in [2.24, 2.45) is 0 Å². The van der Waals surface area contributed by atoms with Crippen LogP contribution in [0, 0.1) is 0 Å². The van der Waals surface area contributed by atoms with Crippen molar-refractivity contribution >= 4 is 44.0 Å². The van der Waals surface area contributed by atoms with E-state index in [1.54, 1.807) is 0 Å². The minimum absolute atomic E-state index is 0.236. The van der Waals surface area contributed by atoms with Gasteiger partial charge in [0.05, 0.1) is 0 Å². The molecule has 0 aliphatic heterocycles. The third-order valence-corrected chi connectivity index (χ3v) is 24.3. The normalized spacial score (nSPS) is 10.0. The molecule has 4 aromatic rings. The minimum Gasteiger partial charge on any atom is -0.168 e. The first-order valence-electron chi connectivity index (χ1n) is 9.89. The Labute approximate surface area is 184 Å². The predicted molar refractivity (Wildman–Crippen MR) is 127 cm³/mol. The molecule has 0 N–H and O–H groups in total. The molecule has 4 heteroatoms. The molecule has 0 spiro atoms. The molecular weight excluding hydrogens is 478 g/mol. The Bertz CT molecular complexity index is 846. The van der Waals surface area contributed by atoms with Crippen molar-refractivity contribution in [1.29, 1.82) is 0 Å². The third-order valence-electron chi connectivity index (χ3n) is 4.47. The van der Waals surface area contributed by atoms with Crippen LogP contribution in [0.25, 0.3) is 21.5 Å². The summed E-state index contributed by atoms with van der Waals surface area (Å²) in [6, 6.07) is 32.0. The molecular formula is C24H28Cl2SiZr-2. The molecule has 0 radical (unpaired) electrons. The van der Waals surface area contributed by atoms with Gasteiger partial charge in [-0.3, -0.25) is 0 Å². The number of halogens is 2. The maximum Gasteiger partial charge on any atom is -0.0809 e. The first-order valence-corrected chi connectivity index (χ1v) is 21.8. The maximum atomic E-state index is 6.01. The number of hydrogen-bond acceptors (Lipinski definition) is 0. The number of benzene rings is 2. The molecule has 148 valence electrons. The van der Waals surface area contributed by atoms with Crippen molar-refractivity contribution in [2.45, 2.75) is 38.8 Å². The summed E-state index contributed by atoms with van der Waals surface area (Å²) >= 11 is -1.78. The van der Waals surface area contributed by atoms with Gasteiger partial charge >= 0.3 is 79.2 Å². The second-order valence-corrected chi connectivity index (χ2v) is 27.7. The van der Waals surface area contributed by atoms with Crippen molar-refractivity contribution in [3.05, 3.63) is 84.9 Å². The zero-order valence-electron chi connectivity index (χ0n) is 16.7. The van der Waals surface area contributed by atoms with Crippen molar-refractivity contribution in [3.8, 4) is 0 Å². The monoisotopic (exact) mass is 504 g/mol. The summed E-state index contributed by atoms with van der Waals surface area (Å²) in [6.45, 7) is 4.44. The fourth-order valence-corrected chi connectivity index (χ4v) is 18.1. The standard InChI is InChI=1S/2C9H7.C6H14Si.2ClH.Zr/c2*1-2-5-9-7-3-6-8(9)4-1;1-3-5-7-6-4-2;;;/h2*1-7H;3-6H2,1-2H3;2*1H;/q2*-1;;;;+2/p-2. The van der Waals surface area contributed by atoms with Crippen LogP contribution in [0.2, 0.25) is 12.1 Å². The largest absolute Gasteiger partial charge is 0.168 e. The maximum absolute atomic E-state index is 6.01.